The van der Waals surface area contributed by atoms with E-state index >= 15 is 0 Å². The van der Waals surface area contributed by atoms with Crippen molar-refractivity contribution in [3.63, 3.8) is 0 Å². The third-order valence-corrected chi connectivity index (χ3v) is 3.70. The quantitative estimate of drug-likeness (QED) is 0.862. The maximum atomic E-state index is 5.83. The molecule has 0 N–H and O–H groups in total. The molecule has 3 rings (SSSR count). The van der Waals surface area contributed by atoms with Gasteiger partial charge in [-0.25, -0.2) is 9.97 Å². The molecule has 1 atom stereocenters. The predicted molar refractivity (Wildman–Crippen MR) is 88.0 cm³/mol. The maximum Gasteiger partial charge on any atom is 0.161 e. The van der Waals surface area contributed by atoms with Crippen molar-refractivity contribution in [3.05, 3.63) is 42.6 Å². The number of morpholine rings is 1. The Morgan fingerprint density at radius 2 is 2.05 bits per heavy atom. The van der Waals surface area contributed by atoms with Gasteiger partial charge < -0.3 is 14.5 Å². The van der Waals surface area contributed by atoms with Gasteiger partial charge in [0.25, 0.3) is 0 Å². The molecule has 116 valence electrons. The van der Waals surface area contributed by atoms with Gasteiger partial charge in [-0.1, -0.05) is 30.3 Å². The van der Waals surface area contributed by atoms with Gasteiger partial charge in [0, 0.05) is 31.4 Å². The van der Waals surface area contributed by atoms with Gasteiger partial charge in [-0.15, -0.1) is 0 Å². The minimum atomic E-state index is 0.221. The number of hydrogen-bond donors (Lipinski definition) is 0. The van der Waals surface area contributed by atoms with Crippen LogP contribution < -0.4 is 4.90 Å². The van der Waals surface area contributed by atoms with Crippen LogP contribution in [-0.2, 0) is 4.74 Å². The van der Waals surface area contributed by atoms with Crippen LogP contribution >= 0.6 is 0 Å². The molecule has 1 aliphatic rings. The highest BCUT2D eigenvalue weighted by Crippen LogP contribution is 2.20. The second-order valence-electron chi connectivity index (χ2n) is 5.81. The van der Waals surface area contributed by atoms with Crippen LogP contribution in [0.25, 0.3) is 11.4 Å². The van der Waals surface area contributed by atoms with E-state index in [0.29, 0.717) is 0 Å². The van der Waals surface area contributed by atoms with E-state index in [1.54, 1.807) is 0 Å². The van der Waals surface area contributed by atoms with Gasteiger partial charge in [-0.2, -0.15) is 0 Å². The van der Waals surface area contributed by atoms with Crippen LogP contribution in [0.3, 0.4) is 0 Å². The van der Waals surface area contributed by atoms with Crippen molar-refractivity contribution in [2.24, 2.45) is 0 Å². The first kappa shape index (κ1) is 14.9. The smallest absolute Gasteiger partial charge is 0.161 e. The number of hydrogen-bond acceptors (Lipinski definition) is 5. The van der Waals surface area contributed by atoms with E-state index in [-0.39, 0.29) is 6.10 Å². The fraction of sp³-hybridized carbons (Fsp3) is 0.412. The highest BCUT2D eigenvalue weighted by molar-refractivity contribution is 5.57. The number of likely N-dealkylation sites (N-methyl/N-ethyl adjacent to an activating group) is 1. The first-order valence-corrected chi connectivity index (χ1v) is 7.62. The van der Waals surface area contributed by atoms with Gasteiger partial charge in [0.2, 0.25) is 0 Å². The molecule has 5 heteroatoms. The number of benzene rings is 1. The molecule has 0 unspecified atom stereocenters. The number of anilines is 1. The molecule has 0 amide bonds. The Morgan fingerprint density at radius 1 is 1.23 bits per heavy atom. The lowest BCUT2D eigenvalue weighted by molar-refractivity contribution is 0.0245. The first-order valence-electron chi connectivity index (χ1n) is 7.62. The van der Waals surface area contributed by atoms with Gasteiger partial charge in [-0.05, 0) is 20.2 Å². The molecule has 0 saturated carbocycles. The van der Waals surface area contributed by atoms with Crippen molar-refractivity contribution in [1.82, 2.24) is 14.9 Å². The molecule has 0 aliphatic carbocycles. The number of rotatable bonds is 4. The minimum Gasteiger partial charge on any atom is -0.373 e. The Kier molecular flexibility index (Phi) is 4.65. The number of ether oxygens (including phenoxy) is 1. The van der Waals surface area contributed by atoms with Gasteiger partial charge in [0.05, 0.1) is 12.7 Å². The van der Waals surface area contributed by atoms with E-state index in [4.69, 9.17) is 9.72 Å². The van der Waals surface area contributed by atoms with Crippen LogP contribution in [0, 0.1) is 0 Å². The summed E-state index contributed by atoms with van der Waals surface area (Å²) >= 11 is 0. The van der Waals surface area contributed by atoms with E-state index in [9.17, 15) is 0 Å². The highest BCUT2D eigenvalue weighted by Gasteiger charge is 2.22. The molecule has 1 fully saturated rings. The van der Waals surface area contributed by atoms with Crippen LogP contribution in [0.1, 0.15) is 0 Å². The maximum absolute atomic E-state index is 5.83. The lowest BCUT2D eigenvalue weighted by Crippen LogP contribution is -2.46. The molecule has 0 radical (unpaired) electrons. The third-order valence-electron chi connectivity index (χ3n) is 3.70. The Labute approximate surface area is 131 Å². The van der Waals surface area contributed by atoms with Crippen molar-refractivity contribution in [3.8, 4) is 11.4 Å². The summed E-state index contributed by atoms with van der Waals surface area (Å²) in [5.41, 5.74) is 1.04. The van der Waals surface area contributed by atoms with Gasteiger partial charge >= 0.3 is 0 Å². The first-order chi connectivity index (χ1) is 10.7. The lowest BCUT2D eigenvalue weighted by atomic mass is 10.2. The third kappa shape index (κ3) is 3.61. The molecule has 1 aromatic heterocycles. The van der Waals surface area contributed by atoms with Crippen LogP contribution in [0.15, 0.2) is 42.6 Å². The van der Waals surface area contributed by atoms with Crippen molar-refractivity contribution < 1.29 is 4.74 Å². The summed E-state index contributed by atoms with van der Waals surface area (Å²) in [6.07, 6.45) is 2.06. The summed E-state index contributed by atoms with van der Waals surface area (Å²) in [6, 6.07) is 12.1. The van der Waals surface area contributed by atoms with E-state index in [1.165, 1.54) is 0 Å². The summed E-state index contributed by atoms with van der Waals surface area (Å²) in [6.45, 7) is 3.40. The Hall–Kier alpha value is -1.98. The molecular formula is C17H22N4O. The van der Waals surface area contributed by atoms with Crippen molar-refractivity contribution >= 4 is 5.82 Å². The molecule has 2 aromatic rings. The Bertz CT molecular complexity index is 603. The zero-order valence-electron chi connectivity index (χ0n) is 13.1. The van der Waals surface area contributed by atoms with Crippen molar-refractivity contribution in [2.45, 2.75) is 6.10 Å². The van der Waals surface area contributed by atoms with Gasteiger partial charge in [0.15, 0.2) is 5.82 Å². The normalized spacial score (nSPS) is 18.7. The zero-order chi connectivity index (χ0) is 15.4. The molecule has 0 bridgehead atoms. The summed E-state index contributed by atoms with van der Waals surface area (Å²) in [5.74, 6) is 1.75. The van der Waals surface area contributed by atoms with E-state index in [2.05, 4.69) is 28.9 Å². The van der Waals surface area contributed by atoms with E-state index in [1.807, 2.05) is 42.6 Å². The van der Waals surface area contributed by atoms with E-state index in [0.717, 1.165) is 43.4 Å². The largest absolute Gasteiger partial charge is 0.373 e. The topological polar surface area (TPSA) is 41.5 Å². The summed E-state index contributed by atoms with van der Waals surface area (Å²) in [4.78, 5) is 13.6. The standard InChI is InChI=1S/C17H22N4O/c1-20(2)12-15-13-21(10-11-22-15)16-8-9-18-17(19-16)14-6-4-3-5-7-14/h3-9,15H,10-13H2,1-2H3/t15-/m0/s1. The fourth-order valence-electron chi connectivity index (χ4n) is 2.70. The van der Waals surface area contributed by atoms with Crippen LogP contribution in [0.4, 0.5) is 5.82 Å². The zero-order valence-corrected chi connectivity index (χ0v) is 13.1. The summed E-state index contributed by atoms with van der Waals surface area (Å²) in [7, 11) is 4.14. The molecule has 1 aromatic carbocycles. The second kappa shape index (κ2) is 6.85. The second-order valence-corrected chi connectivity index (χ2v) is 5.81. The SMILES string of the molecule is CN(C)C[C@H]1CN(c2ccnc(-c3ccccc3)n2)CCO1. The monoisotopic (exact) mass is 298 g/mol. The van der Waals surface area contributed by atoms with Crippen molar-refractivity contribution in [2.75, 3.05) is 45.2 Å². The van der Waals surface area contributed by atoms with E-state index < -0.39 is 0 Å². The molecule has 2 heterocycles. The van der Waals surface area contributed by atoms with Gasteiger partial charge in [0.1, 0.15) is 5.82 Å². The lowest BCUT2D eigenvalue weighted by Gasteiger charge is -2.34. The summed E-state index contributed by atoms with van der Waals surface area (Å²) in [5, 5.41) is 0. The molecule has 5 nitrogen and oxygen atoms in total. The summed E-state index contributed by atoms with van der Waals surface area (Å²) < 4.78 is 5.83. The van der Waals surface area contributed by atoms with Crippen molar-refractivity contribution in [1.29, 1.82) is 0 Å². The Balaban J connectivity index is 1.77. The molecule has 22 heavy (non-hydrogen) atoms. The molecule has 0 spiro atoms. The predicted octanol–water partition coefficient (Wildman–Crippen LogP) is 1.91. The number of nitrogens with zero attached hydrogens (tertiary/aromatic N) is 4. The van der Waals surface area contributed by atoms with Crippen LogP contribution in [0.2, 0.25) is 0 Å². The Morgan fingerprint density at radius 3 is 2.82 bits per heavy atom. The van der Waals surface area contributed by atoms with Gasteiger partial charge in [-0.3, -0.25) is 0 Å². The molecule has 1 saturated heterocycles. The number of aromatic nitrogens is 2. The molecular weight excluding hydrogens is 276 g/mol. The minimum absolute atomic E-state index is 0.221. The average Bonchev–Trinajstić information content (AvgIpc) is 2.55. The fourth-order valence-corrected chi connectivity index (χ4v) is 2.70. The average molecular weight is 298 g/mol. The molecule has 1 aliphatic heterocycles. The highest BCUT2D eigenvalue weighted by atomic mass is 16.5. The van der Waals surface area contributed by atoms with Crippen LogP contribution in [0.5, 0.6) is 0 Å². The van der Waals surface area contributed by atoms with Crippen LogP contribution in [-0.4, -0.2) is 61.3 Å².